The van der Waals surface area contributed by atoms with Gasteiger partial charge < -0.3 is 15.8 Å². The van der Waals surface area contributed by atoms with Crippen LogP contribution in [0.25, 0.3) is 0 Å². The van der Waals surface area contributed by atoms with E-state index in [9.17, 15) is 4.79 Å². The van der Waals surface area contributed by atoms with Crippen molar-refractivity contribution in [3.05, 3.63) is 29.8 Å². The first-order chi connectivity index (χ1) is 9.65. The summed E-state index contributed by atoms with van der Waals surface area (Å²) in [4.78, 5) is 12.3. The van der Waals surface area contributed by atoms with Crippen LogP contribution in [0.15, 0.2) is 24.3 Å². The molecule has 3 rings (SSSR count). The molecule has 2 saturated carbocycles. The van der Waals surface area contributed by atoms with E-state index in [1.807, 2.05) is 13.0 Å². The van der Waals surface area contributed by atoms with Crippen molar-refractivity contribution in [2.45, 2.75) is 44.8 Å². The van der Waals surface area contributed by atoms with Gasteiger partial charge in [-0.3, -0.25) is 4.79 Å². The maximum absolute atomic E-state index is 12.3. The fourth-order valence-electron chi connectivity index (χ4n) is 3.56. The molecule has 1 aromatic carbocycles. The van der Waals surface area contributed by atoms with E-state index in [1.54, 1.807) is 18.2 Å². The van der Waals surface area contributed by atoms with E-state index >= 15 is 0 Å². The molecule has 0 radical (unpaired) electrons. The first-order valence-corrected chi connectivity index (χ1v) is 7.44. The highest BCUT2D eigenvalue weighted by Crippen LogP contribution is 2.57. The number of rotatable bonds is 4. The SMILES string of the molecule is CCOC1CC(NC(=O)c2cccc(N)c2)C12CCC2.Cl. The third kappa shape index (κ3) is 2.74. The Morgan fingerprint density at radius 2 is 2.24 bits per heavy atom. The number of hydrogen-bond acceptors (Lipinski definition) is 3. The van der Waals surface area contributed by atoms with Crippen LogP contribution in [-0.2, 0) is 4.74 Å². The minimum atomic E-state index is -0.0245. The number of carbonyl (C=O) groups is 1. The zero-order chi connectivity index (χ0) is 14.2. The van der Waals surface area contributed by atoms with Crippen LogP contribution in [0, 0.1) is 5.41 Å². The Morgan fingerprint density at radius 1 is 1.48 bits per heavy atom. The van der Waals surface area contributed by atoms with Crippen molar-refractivity contribution in [1.29, 1.82) is 0 Å². The number of ether oxygens (including phenoxy) is 1. The zero-order valence-electron chi connectivity index (χ0n) is 12.3. The third-order valence-electron chi connectivity index (χ3n) is 4.89. The van der Waals surface area contributed by atoms with Crippen molar-refractivity contribution < 1.29 is 9.53 Å². The Balaban J connectivity index is 0.00000161. The number of carbonyl (C=O) groups excluding carboxylic acids is 1. The third-order valence-corrected chi connectivity index (χ3v) is 4.89. The quantitative estimate of drug-likeness (QED) is 0.841. The van der Waals surface area contributed by atoms with Crippen LogP contribution in [0.2, 0.25) is 0 Å². The van der Waals surface area contributed by atoms with Gasteiger partial charge in [0.05, 0.1) is 6.10 Å². The summed E-state index contributed by atoms with van der Waals surface area (Å²) in [6.07, 6.45) is 4.84. The summed E-state index contributed by atoms with van der Waals surface area (Å²) in [5, 5.41) is 3.17. The average molecular weight is 311 g/mol. The van der Waals surface area contributed by atoms with E-state index in [0.29, 0.717) is 17.4 Å². The molecule has 116 valence electrons. The Bertz CT molecular complexity index is 517. The van der Waals surface area contributed by atoms with Gasteiger partial charge in [0.1, 0.15) is 0 Å². The predicted octanol–water partition coefficient (Wildman–Crippen LogP) is 2.77. The lowest BCUT2D eigenvalue weighted by atomic mass is 9.51. The molecule has 1 spiro atoms. The molecule has 2 fully saturated rings. The van der Waals surface area contributed by atoms with Gasteiger partial charge in [0.25, 0.3) is 5.91 Å². The number of halogens is 1. The molecule has 0 aliphatic heterocycles. The van der Waals surface area contributed by atoms with Gasteiger partial charge in [-0.25, -0.2) is 0 Å². The topological polar surface area (TPSA) is 64.3 Å². The van der Waals surface area contributed by atoms with E-state index in [-0.39, 0.29) is 29.8 Å². The molecule has 1 aromatic rings. The van der Waals surface area contributed by atoms with Crippen molar-refractivity contribution in [2.75, 3.05) is 12.3 Å². The monoisotopic (exact) mass is 310 g/mol. The molecule has 4 nitrogen and oxygen atoms in total. The molecule has 0 saturated heterocycles. The smallest absolute Gasteiger partial charge is 0.251 e. The molecule has 2 aliphatic carbocycles. The summed E-state index contributed by atoms with van der Waals surface area (Å²) in [5.41, 5.74) is 7.19. The van der Waals surface area contributed by atoms with Crippen molar-refractivity contribution >= 4 is 24.0 Å². The fraction of sp³-hybridized carbons (Fsp3) is 0.562. The van der Waals surface area contributed by atoms with Gasteiger partial charge in [-0.2, -0.15) is 0 Å². The summed E-state index contributed by atoms with van der Waals surface area (Å²) in [7, 11) is 0. The second-order valence-corrected chi connectivity index (χ2v) is 5.92. The maximum Gasteiger partial charge on any atom is 0.251 e. The standard InChI is InChI=1S/C16H22N2O2.ClH/c1-2-20-14-10-13(16(14)7-4-8-16)18-15(19)11-5-3-6-12(17)9-11;/h3,5-6,9,13-14H,2,4,7-8,10,17H2,1H3,(H,18,19);1H. The first-order valence-electron chi connectivity index (χ1n) is 7.44. The molecule has 0 bridgehead atoms. The van der Waals surface area contributed by atoms with Crippen molar-refractivity contribution in [1.82, 2.24) is 5.32 Å². The molecule has 0 heterocycles. The average Bonchev–Trinajstić information content (AvgIpc) is 2.35. The molecule has 21 heavy (non-hydrogen) atoms. The summed E-state index contributed by atoms with van der Waals surface area (Å²) in [5.74, 6) is -0.0245. The highest BCUT2D eigenvalue weighted by Gasteiger charge is 2.59. The number of nitrogens with two attached hydrogens (primary N) is 1. The molecule has 1 amide bonds. The van der Waals surface area contributed by atoms with E-state index in [4.69, 9.17) is 10.5 Å². The Morgan fingerprint density at radius 3 is 2.81 bits per heavy atom. The van der Waals surface area contributed by atoms with Gasteiger partial charge in [0, 0.05) is 29.3 Å². The van der Waals surface area contributed by atoms with Crippen LogP contribution >= 0.6 is 12.4 Å². The van der Waals surface area contributed by atoms with Crippen molar-refractivity contribution in [2.24, 2.45) is 5.41 Å². The van der Waals surface area contributed by atoms with E-state index in [0.717, 1.165) is 13.0 Å². The molecule has 3 N–H and O–H groups in total. The molecule has 5 heteroatoms. The second kappa shape index (κ2) is 6.24. The molecular weight excluding hydrogens is 288 g/mol. The Labute approximate surface area is 131 Å². The van der Waals surface area contributed by atoms with Gasteiger partial charge in [0.15, 0.2) is 0 Å². The number of hydrogen-bond donors (Lipinski definition) is 2. The highest BCUT2D eigenvalue weighted by atomic mass is 35.5. The van der Waals surface area contributed by atoms with Crippen molar-refractivity contribution in [3.63, 3.8) is 0 Å². The number of benzene rings is 1. The Kier molecular flexibility index (Phi) is 4.79. The van der Waals surface area contributed by atoms with Crippen LogP contribution in [0.4, 0.5) is 5.69 Å². The minimum absolute atomic E-state index is 0. The summed E-state index contributed by atoms with van der Waals surface area (Å²) < 4.78 is 5.80. The molecule has 2 unspecified atom stereocenters. The Hall–Kier alpha value is -1.26. The zero-order valence-corrected chi connectivity index (χ0v) is 13.1. The van der Waals surface area contributed by atoms with Gasteiger partial charge in [-0.15, -0.1) is 12.4 Å². The summed E-state index contributed by atoms with van der Waals surface area (Å²) in [6, 6.07) is 7.38. The second-order valence-electron chi connectivity index (χ2n) is 5.92. The summed E-state index contributed by atoms with van der Waals surface area (Å²) in [6.45, 7) is 2.79. The largest absolute Gasteiger partial charge is 0.399 e. The van der Waals surface area contributed by atoms with E-state index < -0.39 is 0 Å². The number of nitrogens with one attached hydrogen (secondary N) is 1. The first kappa shape index (κ1) is 16.1. The fourth-order valence-corrected chi connectivity index (χ4v) is 3.56. The van der Waals surface area contributed by atoms with Crippen LogP contribution in [0.3, 0.4) is 0 Å². The normalized spacial score (nSPS) is 25.4. The molecule has 2 atom stereocenters. The van der Waals surface area contributed by atoms with Crippen molar-refractivity contribution in [3.8, 4) is 0 Å². The van der Waals surface area contributed by atoms with E-state index in [2.05, 4.69) is 5.32 Å². The van der Waals surface area contributed by atoms with Gasteiger partial charge in [-0.1, -0.05) is 12.5 Å². The van der Waals surface area contributed by atoms with Crippen LogP contribution in [0.1, 0.15) is 43.0 Å². The molecular formula is C16H23ClN2O2. The van der Waals surface area contributed by atoms with Gasteiger partial charge >= 0.3 is 0 Å². The predicted molar refractivity (Wildman–Crippen MR) is 85.7 cm³/mol. The lowest BCUT2D eigenvalue weighted by Crippen LogP contribution is -2.67. The molecule has 2 aliphatic rings. The van der Waals surface area contributed by atoms with Gasteiger partial charge in [0.2, 0.25) is 0 Å². The van der Waals surface area contributed by atoms with E-state index in [1.165, 1.54) is 19.3 Å². The lowest BCUT2D eigenvalue weighted by molar-refractivity contribution is -0.169. The number of amides is 1. The van der Waals surface area contributed by atoms with Gasteiger partial charge in [-0.05, 0) is 44.4 Å². The minimum Gasteiger partial charge on any atom is -0.399 e. The maximum atomic E-state index is 12.3. The van der Waals surface area contributed by atoms with Crippen LogP contribution in [-0.4, -0.2) is 24.7 Å². The van der Waals surface area contributed by atoms with Crippen LogP contribution < -0.4 is 11.1 Å². The molecule has 0 aromatic heterocycles. The number of nitrogen functional groups attached to an aromatic ring is 1. The number of anilines is 1. The summed E-state index contributed by atoms with van der Waals surface area (Å²) >= 11 is 0. The highest BCUT2D eigenvalue weighted by molar-refractivity contribution is 5.95. The lowest BCUT2D eigenvalue weighted by Gasteiger charge is -2.61. The van der Waals surface area contributed by atoms with Crippen LogP contribution in [0.5, 0.6) is 0 Å².